The van der Waals surface area contributed by atoms with E-state index in [1.54, 1.807) is 9.80 Å². The molecule has 0 bridgehead atoms. The second-order valence-corrected chi connectivity index (χ2v) is 5.45. The van der Waals surface area contributed by atoms with Crippen LogP contribution in [-0.4, -0.2) is 53.1 Å². The summed E-state index contributed by atoms with van der Waals surface area (Å²) in [5.41, 5.74) is -0.750. The van der Waals surface area contributed by atoms with Crippen molar-refractivity contribution in [2.75, 3.05) is 26.2 Å². The molecule has 0 saturated carbocycles. The highest BCUT2D eigenvalue weighted by Crippen LogP contribution is 2.34. The highest BCUT2D eigenvalue weighted by Gasteiger charge is 2.42. The van der Waals surface area contributed by atoms with Crippen molar-refractivity contribution in [2.24, 2.45) is 5.41 Å². The molecule has 1 atom stereocenters. The van der Waals surface area contributed by atoms with E-state index in [9.17, 15) is 14.7 Å². The molecular formula is C14H22N2O3. The van der Waals surface area contributed by atoms with E-state index in [-0.39, 0.29) is 6.03 Å². The zero-order valence-electron chi connectivity index (χ0n) is 11.5. The number of piperidine rings is 1. The maximum atomic E-state index is 12.4. The summed E-state index contributed by atoms with van der Waals surface area (Å²) in [6.07, 6.45) is 6.98. The number of hydrogen-bond donors (Lipinski definition) is 1. The van der Waals surface area contributed by atoms with Crippen molar-refractivity contribution in [3.63, 3.8) is 0 Å². The Hall–Kier alpha value is -1.52. The molecule has 2 amide bonds. The zero-order chi connectivity index (χ0) is 13.9. The first-order valence-corrected chi connectivity index (χ1v) is 7.01. The summed E-state index contributed by atoms with van der Waals surface area (Å²) in [7, 11) is 0. The van der Waals surface area contributed by atoms with Crippen LogP contribution >= 0.6 is 0 Å². The van der Waals surface area contributed by atoms with Gasteiger partial charge in [-0.15, -0.1) is 0 Å². The van der Waals surface area contributed by atoms with Gasteiger partial charge in [-0.25, -0.2) is 4.79 Å². The van der Waals surface area contributed by atoms with Crippen molar-refractivity contribution in [2.45, 2.75) is 32.6 Å². The smallest absolute Gasteiger partial charge is 0.320 e. The Balaban J connectivity index is 2.06. The predicted molar refractivity (Wildman–Crippen MR) is 71.9 cm³/mol. The Morgan fingerprint density at radius 2 is 2.05 bits per heavy atom. The van der Waals surface area contributed by atoms with Gasteiger partial charge in [0.2, 0.25) is 0 Å². The number of carboxylic acid groups (broad SMARTS) is 1. The van der Waals surface area contributed by atoms with Gasteiger partial charge >= 0.3 is 12.0 Å². The summed E-state index contributed by atoms with van der Waals surface area (Å²) >= 11 is 0. The lowest BCUT2D eigenvalue weighted by Gasteiger charge is -2.41. The molecule has 1 saturated heterocycles. The minimum atomic E-state index is -0.772. The van der Waals surface area contributed by atoms with Crippen LogP contribution in [0.3, 0.4) is 0 Å². The lowest BCUT2D eigenvalue weighted by atomic mass is 9.78. The first kappa shape index (κ1) is 13.9. The van der Waals surface area contributed by atoms with Crippen LogP contribution in [0.1, 0.15) is 32.6 Å². The molecule has 19 heavy (non-hydrogen) atoms. The van der Waals surface area contributed by atoms with E-state index >= 15 is 0 Å². The monoisotopic (exact) mass is 266 g/mol. The maximum absolute atomic E-state index is 12.4. The molecule has 106 valence electrons. The molecule has 0 aromatic carbocycles. The predicted octanol–water partition coefficient (Wildman–Crippen LogP) is 1.95. The van der Waals surface area contributed by atoms with Gasteiger partial charge in [-0.1, -0.05) is 19.1 Å². The molecule has 1 unspecified atom stereocenters. The standard InChI is InChI=1S/C14H22N2O3/c1-2-14(12(17)18)7-6-10-16(11-14)13(19)15-8-4-3-5-9-15/h3-4H,2,5-11H2,1H3,(H,17,18). The van der Waals surface area contributed by atoms with Gasteiger partial charge in [0.05, 0.1) is 5.41 Å². The van der Waals surface area contributed by atoms with Gasteiger partial charge in [0, 0.05) is 26.2 Å². The summed E-state index contributed by atoms with van der Waals surface area (Å²) in [6, 6.07) is -0.0110. The molecule has 0 radical (unpaired) electrons. The van der Waals surface area contributed by atoms with E-state index in [2.05, 4.69) is 6.08 Å². The van der Waals surface area contributed by atoms with Crippen LogP contribution in [0, 0.1) is 5.41 Å². The molecule has 2 aliphatic rings. The van der Waals surface area contributed by atoms with Crippen LogP contribution in [0.2, 0.25) is 0 Å². The Kier molecular flexibility index (Phi) is 4.12. The number of aliphatic carboxylic acids is 1. The maximum Gasteiger partial charge on any atom is 0.320 e. The highest BCUT2D eigenvalue weighted by atomic mass is 16.4. The van der Waals surface area contributed by atoms with Crippen molar-refractivity contribution in [3.05, 3.63) is 12.2 Å². The molecule has 5 nitrogen and oxygen atoms in total. The Labute approximate surface area is 113 Å². The number of carbonyl (C=O) groups excluding carboxylic acids is 1. The minimum Gasteiger partial charge on any atom is -0.481 e. The van der Waals surface area contributed by atoms with Crippen LogP contribution < -0.4 is 0 Å². The summed E-state index contributed by atoms with van der Waals surface area (Å²) in [5, 5.41) is 9.44. The lowest BCUT2D eigenvalue weighted by molar-refractivity contribution is -0.152. The first-order valence-electron chi connectivity index (χ1n) is 7.01. The minimum absolute atomic E-state index is 0.0110. The number of carboxylic acids is 1. The summed E-state index contributed by atoms with van der Waals surface area (Å²) in [5.74, 6) is -0.772. The Bertz CT molecular complexity index is 394. The fourth-order valence-corrected chi connectivity index (χ4v) is 2.92. The molecule has 2 aliphatic heterocycles. The number of hydrogen-bond acceptors (Lipinski definition) is 2. The van der Waals surface area contributed by atoms with Crippen LogP contribution in [0.4, 0.5) is 4.79 Å². The van der Waals surface area contributed by atoms with Gasteiger partial charge in [-0.05, 0) is 25.7 Å². The average Bonchev–Trinajstić information content (AvgIpc) is 2.47. The topological polar surface area (TPSA) is 60.9 Å². The molecule has 0 aliphatic carbocycles. The Morgan fingerprint density at radius 1 is 1.26 bits per heavy atom. The second-order valence-electron chi connectivity index (χ2n) is 5.45. The third kappa shape index (κ3) is 2.74. The molecule has 5 heteroatoms. The highest BCUT2D eigenvalue weighted by molar-refractivity contribution is 5.79. The molecule has 2 heterocycles. The summed E-state index contributed by atoms with van der Waals surface area (Å²) in [6.45, 7) is 4.29. The number of rotatable bonds is 2. The van der Waals surface area contributed by atoms with E-state index in [4.69, 9.17) is 0 Å². The van der Waals surface area contributed by atoms with Gasteiger partial charge in [0.15, 0.2) is 0 Å². The van der Waals surface area contributed by atoms with Crippen molar-refractivity contribution in [3.8, 4) is 0 Å². The van der Waals surface area contributed by atoms with Crippen molar-refractivity contribution in [1.29, 1.82) is 0 Å². The van der Waals surface area contributed by atoms with E-state index < -0.39 is 11.4 Å². The molecule has 1 fully saturated rings. The third-order valence-electron chi connectivity index (χ3n) is 4.31. The van der Waals surface area contributed by atoms with E-state index in [1.807, 2.05) is 13.0 Å². The number of amides is 2. The van der Waals surface area contributed by atoms with Gasteiger partial charge in [-0.3, -0.25) is 4.79 Å². The van der Waals surface area contributed by atoms with E-state index in [1.165, 1.54) is 0 Å². The second kappa shape index (κ2) is 5.63. The van der Waals surface area contributed by atoms with Crippen LogP contribution in [0.25, 0.3) is 0 Å². The normalized spacial score (nSPS) is 27.4. The Morgan fingerprint density at radius 3 is 2.63 bits per heavy atom. The van der Waals surface area contributed by atoms with Gasteiger partial charge < -0.3 is 14.9 Å². The van der Waals surface area contributed by atoms with Crippen LogP contribution in [-0.2, 0) is 4.79 Å². The van der Waals surface area contributed by atoms with Crippen LogP contribution in [0.5, 0.6) is 0 Å². The number of carbonyl (C=O) groups is 2. The van der Waals surface area contributed by atoms with Gasteiger partial charge in [0.1, 0.15) is 0 Å². The van der Waals surface area contributed by atoms with Crippen molar-refractivity contribution >= 4 is 12.0 Å². The molecular weight excluding hydrogens is 244 g/mol. The average molecular weight is 266 g/mol. The van der Waals surface area contributed by atoms with Gasteiger partial charge in [0.25, 0.3) is 0 Å². The largest absolute Gasteiger partial charge is 0.481 e. The fourth-order valence-electron chi connectivity index (χ4n) is 2.92. The number of urea groups is 1. The number of nitrogens with zero attached hydrogens (tertiary/aromatic N) is 2. The quantitative estimate of drug-likeness (QED) is 0.777. The molecule has 0 aromatic rings. The lowest BCUT2D eigenvalue weighted by Crippen LogP contribution is -2.53. The van der Waals surface area contributed by atoms with Crippen molar-refractivity contribution < 1.29 is 14.7 Å². The summed E-state index contributed by atoms with van der Waals surface area (Å²) < 4.78 is 0. The first-order chi connectivity index (χ1) is 9.09. The molecule has 2 rings (SSSR count). The SMILES string of the molecule is CCC1(C(=O)O)CCCN(C(=O)N2CC=CCC2)C1. The van der Waals surface area contributed by atoms with Crippen molar-refractivity contribution in [1.82, 2.24) is 9.80 Å². The van der Waals surface area contributed by atoms with E-state index in [0.29, 0.717) is 32.5 Å². The molecule has 1 N–H and O–H groups in total. The fraction of sp³-hybridized carbons (Fsp3) is 0.714. The zero-order valence-corrected chi connectivity index (χ0v) is 11.5. The third-order valence-corrected chi connectivity index (χ3v) is 4.31. The summed E-state index contributed by atoms with van der Waals surface area (Å²) in [4.78, 5) is 27.4. The molecule has 0 aromatic heterocycles. The number of likely N-dealkylation sites (tertiary alicyclic amines) is 1. The van der Waals surface area contributed by atoms with Gasteiger partial charge in [-0.2, -0.15) is 0 Å². The molecule has 0 spiro atoms. The van der Waals surface area contributed by atoms with Crippen LogP contribution in [0.15, 0.2) is 12.2 Å². The van der Waals surface area contributed by atoms with E-state index in [0.717, 1.165) is 19.4 Å².